The second-order valence-corrected chi connectivity index (χ2v) is 10.2. The first-order valence-electron chi connectivity index (χ1n) is 9.16. The summed E-state index contributed by atoms with van der Waals surface area (Å²) >= 11 is 6.19. The third kappa shape index (κ3) is 3.77. The van der Waals surface area contributed by atoms with Crippen LogP contribution in [0.25, 0.3) is 10.9 Å². The molecule has 1 aliphatic heterocycles. The van der Waals surface area contributed by atoms with Crippen molar-refractivity contribution in [3.63, 3.8) is 0 Å². The van der Waals surface area contributed by atoms with Crippen LogP contribution in [0.4, 0.5) is 0 Å². The fourth-order valence-electron chi connectivity index (χ4n) is 3.64. The summed E-state index contributed by atoms with van der Waals surface area (Å²) in [6.07, 6.45) is 1.79. The molecule has 0 amide bonds. The minimum absolute atomic E-state index is 0.00473. The van der Waals surface area contributed by atoms with Gasteiger partial charge in [-0.2, -0.15) is 4.72 Å². The van der Waals surface area contributed by atoms with Crippen LogP contribution in [0.5, 0.6) is 0 Å². The van der Waals surface area contributed by atoms with Gasteiger partial charge in [-0.3, -0.25) is 4.79 Å². The van der Waals surface area contributed by atoms with Crippen LogP contribution in [0.1, 0.15) is 37.9 Å². The van der Waals surface area contributed by atoms with Crippen molar-refractivity contribution in [2.45, 2.75) is 43.9 Å². The molecule has 2 heterocycles. The van der Waals surface area contributed by atoms with Gasteiger partial charge < -0.3 is 9.30 Å². The van der Waals surface area contributed by atoms with Gasteiger partial charge in [0.25, 0.3) is 0 Å². The molecule has 1 unspecified atom stereocenters. The van der Waals surface area contributed by atoms with Gasteiger partial charge in [0, 0.05) is 22.2 Å². The number of halogens is 1. The SMILES string of the molecule is CC(C)(C)OC(=O)Cn1cc(C2NS(=O)(=O)c3ccccc32)c2ccc(Cl)cc21. The number of hydrogen-bond donors (Lipinski definition) is 1. The Kier molecular flexibility index (Phi) is 4.72. The molecule has 1 atom stereocenters. The highest BCUT2D eigenvalue weighted by atomic mass is 35.5. The summed E-state index contributed by atoms with van der Waals surface area (Å²) < 4.78 is 35.0. The Morgan fingerprint density at radius 3 is 2.62 bits per heavy atom. The Balaban J connectivity index is 1.82. The van der Waals surface area contributed by atoms with E-state index in [0.29, 0.717) is 10.6 Å². The molecule has 0 radical (unpaired) electrons. The van der Waals surface area contributed by atoms with Crippen LogP contribution in [0.15, 0.2) is 53.6 Å². The highest BCUT2D eigenvalue weighted by Crippen LogP contribution is 2.39. The molecule has 4 rings (SSSR count). The molecule has 0 spiro atoms. The summed E-state index contributed by atoms with van der Waals surface area (Å²) in [4.78, 5) is 12.7. The van der Waals surface area contributed by atoms with Crippen molar-refractivity contribution in [2.75, 3.05) is 0 Å². The fraction of sp³-hybridized carbons (Fsp3) is 0.286. The zero-order chi connectivity index (χ0) is 21.0. The molecule has 6 nitrogen and oxygen atoms in total. The monoisotopic (exact) mass is 432 g/mol. The lowest BCUT2D eigenvalue weighted by Gasteiger charge is -2.19. The minimum Gasteiger partial charge on any atom is -0.459 e. The Hall–Kier alpha value is -2.35. The van der Waals surface area contributed by atoms with Gasteiger partial charge in [0.2, 0.25) is 10.0 Å². The molecular formula is C21H21ClN2O4S. The van der Waals surface area contributed by atoms with E-state index in [0.717, 1.165) is 16.5 Å². The molecule has 0 saturated heterocycles. The Bertz CT molecular complexity index is 1230. The van der Waals surface area contributed by atoms with Crippen molar-refractivity contribution in [3.8, 4) is 0 Å². The van der Waals surface area contributed by atoms with Crippen molar-refractivity contribution < 1.29 is 17.9 Å². The van der Waals surface area contributed by atoms with Crippen LogP contribution in [0.2, 0.25) is 5.02 Å². The standard InChI is InChI=1S/C21H21ClN2O4S/c1-21(2,3)28-19(25)12-24-11-16(14-9-8-13(22)10-17(14)24)20-15-6-4-5-7-18(15)29(26,27)23-20/h4-11,20,23H,12H2,1-3H3. The van der Waals surface area contributed by atoms with E-state index in [-0.39, 0.29) is 17.4 Å². The molecule has 0 fully saturated rings. The van der Waals surface area contributed by atoms with Crippen molar-refractivity contribution in [1.29, 1.82) is 0 Å². The second kappa shape index (κ2) is 6.86. The number of hydrogen-bond acceptors (Lipinski definition) is 4. The number of fused-ring (bicyclic) bond motifs is 2. The zero-order valence-corrected chi connectivity index (χ0v) is 17.8. The van der Waals surface area contributed by atoms with Crippen molar-refractivity contribution in [3.05, 3.63) is 64.8 Å². The Morgan fingerprint density at radius 1 is 1.17 bits per heavy atom. The fourth-order valence-corrected chi connectivity index (χ4v) is 5.26. The Labute approximate surface area is 174 Å². The van der Waals surface area contributed by atoms with Gasteiger partial charge in [-0.15, -0.1) is 0 Å². The lowest BCUT2D eigenvalue weighted by molar-refractivity contribution is -0.155. The summed E-state index contributed by atoms with van der Waals surface area (Å²) in [5.74, 6) is -0.381. The number of sulfonamides is 1. The molecule has 29 heavy (non-hydrogen) atoms. The van der Waals surface area contributed by atoms with Gasteiger partial charge in [-0.1, -0.05) is 35.9 Å². The highest BCUT2D eigenvalue weighted by Gasteiger charge is 2.36. The molecule has 8 heteroatoms. The largest absolute Gasteiger partial charge is 0.459 e. The summed E-state index contributed by atoms with van der Waals surface area (Å²) in [5.41, 5.74) is 1.58. The number of nitrogens with zero attached hydrogens (tertiary/aromatic N) is 1. The maximum Gasteiger partial charge on any atom is 0.326 e. The molecule has 1 aromatic heterocycles. The van der Waals surface area contributed by atoms with Gasteiger partial charge in [-0.05, 0) is 44.5 Å². The Morgan fingerprint density at radius 2 is 1.90 bits per heavy atom. The summed E-state index contributed by atoms with van der Waals surface area (Å²) in [6, 6.07) is 11.7. The number of ether oxygens (including phenoxy) is 1. The first-order valence-corrected chi connectivity index (χ1v) is 11.0. The van der Waals surface area contributed by atoms with Crippen molar-refractivity contribution in [1.82, 2.24) is 9.29 Å². The van der Waals surface area contributed by atoms with Gasteiger partial charge >= 0.3 is 5.97 Å². The van der Waals surface area contributed by atoms with Crippen LogP contribution < -0.4 is 4.72 Å². The zero-order valence-electron chi connectivity index (χ0n) is 16.3. The molecule has 0 aliphatic carbocycles. The van der Waals surface area contributed by atoms with Crippen LogP contribution in [-0.4, -0.2) is 24.6 Å². The second-order valence-electron chi connectivity index (χ2n) is 8.05. The topological polar surface area (TPSA) is 77.4 Å². The number of nitrogens with one attached hydrogen (secondary N) is 1. The predicted octanol–water partition coefficient (Wildman–Crippen LogP) is 4.02. The number of benzene rings is 2. The average Bonchev–Trinajstić information content (AvgIpc) is 3.08. The normalized spacial score (nSPS) is 18.0. The van der Waals surface area contributed by atoms with E-state index in [1.807, 2.05) is 32.9 Å². The number of carbonyl (C=O) groups is 1. The number of carbonyl (C=O) groups excluding carboxylic acids is 1. The minimum atomic E-state index is -3.59. The third-order valence-electron chi connectivity index (χ3n) is 4.70. The summed E-state index contributed by atoms with van der Waals surface area (Å²) in [5, 5.41) is 1.35. The lowest BCUT2D eigenvalue weighted by Crippen LogP contribution is -2.26. The van der Waals surface area contributed by atoms with E-state index in [9.17, 15) is 13.2 Å². The number of aromatic nitrogens is 1. The quantitative estimate of drug-likeness (QED) is 0.634. The van der Waals surface area contributed by atoms with Gasteiger partial charge in [0.05, 0.1) is 16.5 Å². The molecule has 152 valence electrons. The molecule has 1 N–H and O–H groups in total. The van der Waals surface area contributed by atoms with E-state index in [2.05, 4.69) is 4.72 Å². The lowest BCUT2D eigenvalue weighted by atomic mass is 9.99. The third-order valence-corrected chi connectivity index (χ3v) is 6.43. The van der Waals surface area contributed by atoms with Crippen LogP contribution in [0.3, 0.4) is 0 Å². The number of rotatable bonds is 3. The number of esters is 1. The van der Waals surface area contributed by atoms with Crippen LogP contribution in [0, 0.1) is 0 Å². The molecule has 2 aromatic carbocycles. The van der Waals surface area contributed by atoms with Gasteiger partial charge in [0.15, 0.2) is 0 Å². The average molecular weight is 433 g/mol. The summed E-state index contributed by atoms with van der Waals surface area (Å²) in [6.45, 7) is 5.43. The molecule has 3 aromatic rings. The van der Waals surface area contributed by atoms with Crippen LogP contribution in [-0.2, 0) is 26.1 Å². The van der Waals surface area contributed by atoms with Gasteiger partial charge in [-0.25, -0.2) is 8.42 Å². The van der Waals surface area contributed by atoms with E-state index in [1.54, 1.807) is 41.1 Å². The van der Waals surface area contributed by atoms with Crippen molar-refractivity contribution in [2.24, 2.45) is 0 Å². The van der Waals surface area contributed by atoms with Crippen LogP contribution >= 0.6 is 11.6 Å². The first kappa shape index (κ1) is 19.9. The van der Waals surface area contributed by atoms with E-state index in [4.69, 9.17) is 16.3 Å². The molecular weight excluding hydrogens is 412 g/mol. The van der Waals surface area contributed by atoms with E-state index in [1.165, 1.54) is 0 Å². The van der Waals surface area contributed by atoms with Gasteiger partial charge in [0.1, 0.15) is 12.1 Å². The van der Waals surface area contributed by atoms with E-state index < -0.39 is 21.7 Å². The molecule has 1 aliphatic rings. The maximum absolute atomic E-state index is 12.6. The molecule has 0 bridgehead atoms. The van der Waals surface area contributed by atoms with Crippen molar-refractivity contribution >= 4 is 38.5 Å². The summed E-state index contributed by atoms with van der Waals surface area (Å²) in [7, 11) is -3.59. The predicted molar refractivity (Wildman–Crippen MR) is 111 cm³/mol. The van der Waals surface area contributed by atoms with E-state index >= 15 is 0 Å². The maximum atomic E-state index is 12.6. The molecule has 0 saturated carbocycles. The highest BCUT2D eigenvalue weighted by molar-refractivity contribution is 7.89. The smallest absolute Gasteiger partial charge is 0.326 e. The first-order chi connectivity index (χ1) is 13.5.